The van der Waals surface area contributed by atoms with Crippen molar-refractivity contribution in [2.45, 2.75) is 77.4 Å². The van der Waals surface area contributed by atoms with Crippen LogP contribution in [0.5, 0.6) is 0 Å². The molecule has 0 spiro atoms. The zero-order valence-electron chi connectivity index (χ0n) is 13.1. The van der Waals surface area contributed by atoms with Gasteiger partial charge in [-0.05, 0) is 40.5 Å². The van der Waals surface area contributed by atoms with Gasteiger partial charge in [0.15, 0.2) is 0 Å². The van der Waals surface area contributed by atoms with Crippen LogP contribution in [0.2, 0.25) is 0 Å². The molecule has 1 unspecified atom stereocenters. The van der Waals surface area contributed by atoms with Gasteiger partial charge < -0.3 is 10.4 Å². The summed E-state index contributed by atoms with van der Waals surface area (Å²) < 4.78 is 0. The van der Waals surface area contributed by atoms with Crippen molar-refractivity contribution in [2.75, 3.05) is 6.54 Å². The summed E-state index contributed by atoms with van der Waals surface area (Å²) in [5.41, 5.74) is -0.234. The first-order valence-electron chi connectivity index (χ1n) is 7.50. The SMILES string of the molecule is CC(C(=O)NC1CCCC1)N(CCC(=O)O)C(C)(C)C. The number of carboxylic acids is 1. The van der Waals surface area contributed by atoms with Crippen LogP contribution in [-0.4, -0.2) is 46.1 Å². The number of rotatable bonds is 6. The third-order valence-corrected chi connectivity index (χ3v) is 3.98. The molecule has 1 fully saturated rings. The number of hydrogen-bond donors (Lipinski definition) is 2. The Labute approximate surface area is 121 Å². The largest absolute Gasteiger partial charge is 0.481 e. The zero-order valence-corrected chi connectivity index (χ0v) is 13.1. The van der Waals surface area contributed by atoms with Gasteiger partial charge >= 0.3 is 5.97 Å². The first-order valence-corrected chi connectivity index (χ1v) is 7.50. The van der Waals surface area contributed by atoms with Crippen LogP contribution in [0.3, 0.4) is 0 Å². The topological polar surface area (TPSA) is 69.6 Å². The van der Waals surface area contributed by atoms with E-state index in [4.69, 9.17) is 5.11 Å². The maximum atomic E-state index is 12.3. The summed E-state index contributed by atoms with van der Waals surface area (Å²) in [6.45, 7) is 8.27. The highest BCUT2D eigenvalue weighted by Gasteiger charge is 2.31. The summed E-state index contributed by atoms with van der Waals surface area (Å²) in [5, 5.41) is 11.9. The highest BCUT2D eigenvalue weighted by atomic mass is 16.4. The predicted octanol–water partition coefficient (Wildman–Crippen LogP) is 2.01. The Morgan fingerprint density at radius 3 is 2.30 bits per heavy atom. The molecular weight excluding hydrogens is 256 g/mol. The zero-order chi connectivity index (χ0) is 15.3. The molecule has 2 N–H and O–H groups in total. The van der Waals surface area contributed by atoms with Gasteiger partial charge in [-0.2, -0.15) is 0 Å². The molecule has 0 saturated heterocycles. The molecule has 1 aliphatic rings. The van der Waals surface area contributed by atoms with Gasteiger partial charge in [-0.25, -0.2) is 0 Å². The summed E-state index contributed by atoms with van der Waals surface area (Å²) >= 11 is 0. The van der Waals surface area contributed by atoms with Crippen molar-refractivity contribution in [3.63, 3.8) is 0 Å². The molecule has 0 bridgehead atoms. The molecule has 5 heteroatoms. The molecular formula is C15H28N2O3. The fourth-order valence-electron chi connectivity index (χ4n) is 2.86. The molecule has 1 saturated carbocycles. The van der Waals surface area contributed by atoms with Crippen LogP contribution in [0.4, 0.5) is 0 Å². The maximum Gasteiger partial charge on any atom is 0.304 e. The summed E-state index contributed by atoms with van der Waals surface area (Å²) in [4.78, 5) is 25.1. The smallest absolute Gasteiger partial charge is 0.304 e. The molecule has 116 valence electrons. The molecule has 0 heterocycles. The van der Waals surface area contributed by atoms with E-state index in [2.05, 4.69) is 5.32 Å². The Hall–Kier alpha value is -1.10. The van der Waals surface area contributed by atoms with E-state index in [0.29, 0.717) is 12.6 Å². The number of nitrogens with one attached hydrogen (secondary N) is 1. The first-order chi connectivity index (χ1) is 9.21. The summed E-state index contributed by atoms with van der Waals surface area (Å²) in [7, 11) is 0. The van der Waals surface area contributed by atoms with Crippen molar-refractivity contribution in [1.82, 2.24) is 10.2 Å². The molecule has 0 radical (unpaired) electrons. The molecule has 1 aliphatic carbocycles. The average molecular weight is 284 g/mol. The van der Waals surface area contributed by atoms with Crippen LogP contribution < -0.4 is 5.32 Å². The number of carboxylic acid groups (broad SMARTS) is 1. The molecule has 0 aromatic rings. The second-order valence-corrected chi connectivity index (χ2v) is 6.67. The summed E-state index contributed by atoms with van der Waals surface area (Å²) in [6, 6.07) is -0.0128. The van der Waals surface area contributed by atoms with Crippen LogP contribution in [0.25, 0.3) is 0 Å². The van der Waals surface area contributed by atoms with Gasteiger partial charge in [0.1, 0.15) is 0 Å². The minimum absolute atomic E-state index is 0.0113. The Morgan fingerprint density at radius 1 is 1.30 bits per heavy atom. The van der Waals surface area contributed by atoms with E-state index in [0.717, 1.165) is 12.8 Å². The van der Waals surface area contributed by atoms with Gasteiger partial charge in [0.2, 0.25) is 5.91 Å². The minimum atomic E-state index is -0.831. The number of aliphatic carboxylic acids is 1. The number of nitrogens with zero attached hydrogens (tertiary/aromatic N) is 1. The van der Waals surface area contributed by atoms with Crippen LogP contribution >= 0.6 is 0 Å². The Bertz CT molecular complexity index is 344. The van der Waals surface area contributed by atoms with Crippen LogP contribution in [0.1, 0.15) is 59.8 Å². The van der Waals surface area contributed by atoms with E-state index in [-0.39, 0.29) is 23.9 Å². The lowest BCUT2D eigenvalue weighted by Crippen LogP contribution is -2.55. The number of hydrogen-bond acceptors (Lipinski definition) is 3. The van der Waals surface area contributed by atoms with E-state index < -0.39 is 5.97 Å². The number of amides is 1. The lowest BCUT2D eigenvalue weighted by molar-refractivity contribution is -0.139. The molecule has 5 nitrogen and oxygen atoms in total. The number of carbonyl (C=O) groups is 2. The lowest BCUT2D eigenvalue weighted by Gasteiger charge is -2.39. The molecule has 1 amide bonds. The van der Waals surface area contributed by atoms with E-state index >= 15 is 0 Å². The minimum Gasteiger partial charge on any atom is -0.481 e. The molecule has 1 atom stereocenters. The second-order valence-electron chi connectivity index (χ2n) is 6.67. The Kier molecular flexibility index (Phi) is 5.99. The Morgan fingerprint density at radius 2 is 1.85 bits per heavy atom. The van der Waals surface area contributed by atoms with Gasteiger partial charge in [-0.15, -0.1) is 0 Å². The highest BCUT2D eigenvalue weighted by Crippen LogP contribution is 2.20. The van der Waals surface area contributed by atoms with E-state index in [1.165, 1.54) is 12.8 Å². The van der Waals surface area contributed by atoms with Crippen molar-refractivity contribution in [3.05, 3.63) is 0 Å². The fraction of sp³-hybridized carbons (Fsp3) is 0.867. The third kappa shape index (κ3) is 5.12. The predicted molar refractivity (Wildman–Crippen MR) is 78.6 cm³/mol. The number of carbonyl (C=O) groups excluding carboxylic acids is 1. The van der Waals surface area contributed by atoms with Gasteiger partial charge in [-0.3, -0.25) is 14.5 Å². The molecule has 0 aromatic carbocycles. The van der Waals surface area contributed by atoms with Crippen molar-refractivity contribution >= 4 is 11.9 Å². The van der Waals surface area contributed by atoms with E-state index in [1.807, 2.05) is 32.6 Å². The van der Waals surface area contributed by atoms with Crippen LogP contribution in [-0.2, 0) is 9.59 Å². The van der Waals surface area contributed by atoms with Crippen LogP contribution in [0.15, 0.2) is 0 Å². The second kappa shape index (κ2) is 7.07. The molecule has 1 rings (SSSR count). The monoisotopic (exact) mass is 284 g/mol. The Balaban J connectivity index is 2.63. The first kappa shape index (κ1) is 17.0. The van der Waals surface area contributed by atoms with E-state index in [9.17, 15) is 9.59 Å². The van der Waals surface area contributed by atoms with Gasteiger partial charge in [-0.1, -0.05) is 12.8 Å². The molecule has 20 heavy (non-hydrogen) atoms. The molecule has 0 aliphatic heterocycles. The fourth-order valence-corrected chi connectivity index (χ4v) is 2.86. The highest BCUT2D eigenvalue weighted by molar-refractivity contribution is 5.81. The maximum absolute atomic E-state index is 12.3. The van der Waals surface area contributed by atoms with Crippen molar-refractivity contribution in [1.29, 1.82) is 0 Å². The average Bonchev–Trinajstić information content (AvgIpc) is 2.79. The molecule has 0 aromatic heterocycles. The van der Waals surface area contributed by atoms with Gasteiger partial charge in [0.25, 0.3) is 0 Å². The quantitative estimate of drug-likeness (QED) is 0.783. The third-order valence-electron chi connectivity index (χ3n) is 3.98. The van der Waals surface area contributed by atoms with Crippen molar-refractivity contribution < 1.29 is 14.7 Å². The summed E-state index contributed by atoms with van der Waals surface area (Å²) in [6.07, 6.45) is 4.53. The van der Waals surface area contributed by atoms with Crippen LogP contribution in [0, 0.1) is 0 Å². The van der Waals surface area contributed by atoms with Crippen molar-refractivity contribution in [3.8, 4) is 0 Å². The van der Waals surface area contributed by atoms with Crippen molar-refractivity contribution in [2.24, 2.45) is 0 Å². The van der Waals surface area contributed by atoms with E-state index in [1.54, 1.807) is 0 Å². The summed E-state index contributed by atoms with van der Waals surface area (Å²) in [5.74, 6) is -0.820. The normalized spacial score (nSPS) is 18.2. The van der Waals surface area contributed by atoms with Gasteiger partial charge in [0.05, 0.1) is 12.5 Å². The van der Waals surface area contributed by atoms with Gasteiger partial charge in [0, 0.05) is 18.1 Å². The lowest BCUT2D eigenvalue weighted by atomic mass is 10.0. The standard InChI is InChI=1S/C15H28N2O3/c1-11(14(20)16-12-7-5-6-8-12)17(15(2,3)4)10-9-13(18)19/h11-12H,5-10H2,1-4H3,(H,16,20)(H,18,19).